The van der Waals surface area contributed by atoms with Gasteiger partial charge in [0.05, 0.1) is 12.3 Å². The average molecular weight is 217 g/mol. The van der Waals surface area contributed by atoms with Crippen molar-refractivity contribution in [2.45, 2.75) is 20.5 Å². The Morgan fingerprint density at radius 1 is 1.38 bits per heavy atom. The first kappa shape index (κ1) is 10.7. The Morgan fingerprint density at radius 3 is 2.81 bits per heavy atom. The Bertz CT molecular complexity index is 491. The molecule has 0 aliphatic carbocycles. The number of rotatable bonds is 3. The van der Waals surface area contributed by atoms with Crippen LogP contribution in [0.2, 0.25) is 0 Å². The van der Waals surface area contributed by atoms with Crippen molar-refractivity contribution in [1.82, 2.24) is 9.66 Å². The van der Waals surface area contributed by atoms with Gasteiger partial charge in [-0.1, -0.05) is 0 Å². The molecule has 0 saturated carbocycles. The monoisotopic (exact) mass is 217 g/mol. The first-order valence-corrected chi connectivity index (χ1v) is 5.18. The van der Waals surface area contributed by atoms with E-state index < -0.39 is 0 Å². The third kappa shape index (κ3) is 2.06. The number of nitrogens with zero attached hydrogens (tertiary/aromatic N) is 2. The Kier molecular flexibility index (Phi) is 2.92. The molecule has 0 saturated heterocycles. The number of hydrogen-bond acceptors (Lipinski definition) is 3. The Morgan fingerprint density at radius 2 is 2.19 bits per heavy atom. The Balaban J connectivity index is 2.24. The van der Waals surface area contributed by atoms with E-state index in [1.165, 1.54) is 0 Å². The molecule has 0 aliphatic heterocycles. The molecule has 4 nitrogen and oxygen atoms in total. The van der Waals surface area contributed by atoms with Crippen molar-refractivity contribution in [3.05, 3.63) is 47.5 Å². The van der Waals surface area contributed by atoms with Crippen molar-refractivity contribution in [2.75, 3.05) is 5.43 Å². The molecule has 0 unspecified atom stereocenters. The lowest BCUT2D eigenvalue weighted by Crippen LogP contribution is -2.10. The van der Waals surface area contributed by atoms with Gasteiger partial charge in [-0.25, -0.2) is 0 Å². The van der Waals surface area contributed by atoms with E-state index in [2.05, 4.69) is 10.4 Å². The van der Waals surface area contributed by atoms with E-state index >= 15 is 0 Å². The molecule has 2 aromatic heterocycles. The quantitative estimate of drug-likeness (QED) is 0.825. The summed E-state index contributed by atoms with van der Waals surface area (Å²) in [5.41, 5.74) is 7.13. The topological polar surface area (TPSA) is 50.1 Å². The standard InChI is InChI=1S/C12H15N3O/c1-9-7-12(3-5-13-9)14-15-6-4-11(8-16)10(15)2/h3-7,16H,8H2,1-2H3,(H,13,14). The number of pyridine rings is 1. The zero-order chi connectivity index (χ0) is 11.5. The largest absolute Gasteiger partial charge is 0.392 e. The maximum atomic E-state index is 9.09. The second-order valence-electron chi connectivity index (χ2n) is 3.75. The number of nitrogens with one attached hydrogen (secondary N) is 1. The molecule has 0 fully saturated rings. The van der Waals surface area contributed by atoms with E-state index in [-0.39, 0.29) is 6.61 Å². The molecule has 2 N–H and O–H groups in total. The van der Waals surface area contributed by atoms with Crippen molar-refractivity contribution in [1.29, 1.82) is 0 Å². The molecule has 0 atom stereocenters. The number of aliphatic hydroxyl groups excluding tert-OH is 1. The fourth-order valence-electron chi connectivity index (χ4n) is 1.59. The van der Waals surface area contributed by atoms with Gasteiger partial charge >= 0.3 is 0 Å². The lowest BCUT2D eigenvalue weighted by molar-refractivity contribution is 0.281. The highest BCUT2D eigenvalue weighted by Gasteiger charge is 2.03. The summed E-state index contributed by atoms with van der Waals surface area (Å²) in [6.07, 6.45) is 3.67. The maximum Gasteiger partial charge on any atom is 0.0700 e. The second-order valence-corrected chi connectivity index (χ2v) is 3.75. The Labute approximate surface area is 94.5 Å². The highest BCUT2D eigenvalue weighted by atomic mass is 16.3. The molecule has 0 aliphatic rings. The molecule has 0 aromatic carbocycles. The highest BCUT2D eigenvalue weighted by Crippen LogP contribution is 2.12. The molecule has 2 heterocycles. The second kappa shape index (κ2) is 4.37. The molecule has 4 heteroatoms. The summed E-state index contributed by atoms with van der Waals surface area (Å²) in [7, 11) is 0. The van der Waals surface area contributed by atoms with Gasteiger partial charge < -0.3 is 5.11 Å². The molecule has 0 amide bonds. The summed E-state index contributed by atoms with van der Waals surface area (Å²) in [5, 5.41) is 9.09. The van der Waals surface area contributed by atoms with Gasteiger partial charge in [-0.2, -0.15) is 0 Å². The summed E-state index contributed by atoms with van der Waals surface area (Å²) in [6.45, 7) is 3.98. The van der Waals surface area contributed by atoms with Gasteiger partial charge in [0, 0.05) is 29.3 Å². The Hall–Kier alpha value is -1.81. The van der Waals surface area contributed by atoms with Crippen LogP contribution in [0.25, 0.3) is 0 Å². The van der Waals surface area contributed by atoms with Crippen LogP contribution in [0, 0.1) is 13.8 Å². The minimum Gasteiger partial charge on any atom is -0.392 e. The third-order valence-corrected chi connectivity index (χ3v) is 2.57. The lowest BCUT2D eigenvalue weighted by Gasteiger charge is -2.10. The number of aliphatic hydroxyl groups is 1. The lowest BCUT2D eigenvalue weighted by atomic mass is 10.3. The zero-order valence-electron chi connectivity index (χ0n) is 9.44. The molecule has 0 radical (unpaired) electrons. The predicted molar refractivity (Wildman–Crippen MR) is 63.1 cm³/mol. The summed E-state index contributed by atoms with van der Waals surface area (Å²) in [5.74, 6) is 0. The van der Waals surface area contributed by atoms with Crippen LogP contribution in [0.3, 0.4) is 0 Å². The van der Waals surface area contributed by atoms with Gasteiger partial charge in [-0.3, -0.25) is 15.1 Å². The van der Waals surface area contributed by atoms with Gasteiger partial charge in [-0.15, -0.1) is 0 Å². The minimum atomic E-state index is 0.0654. The van der Waals surface area contributed by atoms with E-state index in [9.17, 15) is 0 Å². The van der Waals surface area contributed by atoms with Gasteiger partial charge in [-0.05, 0) is 32.0 Å². The van der Waals surface area contributed by atoms with Gasteiger partial charge in [0.15, 0.2) is 0 Å². The van der Waals surface area contributed by atoms with Crippen molar-refractivity contribution >= 4 is 5.69 Å². The van der Waals surface area contributed by atoms with Gasteiger partial charge in [0.1, 0.15) is 0 Å². The fraction of sp³-hybridized carbons (Fsp3) is 0.250. The van der Waals surface area contributed by atoms with Crippen molar-refractivity contribution in [2.24, 2.45) is 0 Å². The van der Waals surface area contributed by atoms with Crippen LogP contribution in [0.5, 0.6) is 0 Å². The molecular weight excluding hydrogens is 202 g/mol. The van der Waals surface area contributed by atoms with Crippen LogP contribution in [0.1, 0.15) is 17.0 Å². The van der Waals surface area contributed by atoms with Gasteiger partial charge in [0.25, 0.3) is 0 Å². The van der Waals surface area contributed by atoms with E-state index in [1.54, 1.807) is 6.20 Å². The predicted octanol–water partition coefficient (Wildman–Crippen LogP) is 1.87. The maximum absolute atomic E-state index is 9.09. The molecule has 2 rings (SSSR count). The number of hydrogen-bond donors (Lipinski definition) is 2. The van der Waals surface area contributed by atoms with Crippen LogP contribution < -0.4 is 5.43 Å². The summed E-state index contributed by atoms with van der Waals surface area (Å²) in [4.78, 5) is 4.14. The smallest absolute Gasteiger partial charge is 0.0700 e. The molecular formula is C12H15N3O. The van der Waals surface area contributed by atoms with Crippen LogP contribution in [-0.2, 0) is 6.61 Å². The normalized spacial score (nSPS) is 10.4. The van der Waals surface area contributed by atoms with Gasteiger partial charge in [0.2, 0.25) is 0 Å². The number of anilines is 1. The number of aromatic nitrogens is 2. The highest BCUT2D eigenvalue weighted by molar-refractivity contribution is 5.43. The fourth-order valence-corrected chi connectivity index (χ4v) is 1.59. The first-order valence-electron chi connectivity index (χ1n) is 5.18. The first-order chi connectivity index (χ1) is 7.70. The van der Waals surface area contributed by atoms with E-state index in [0.717, 1.165) is 22.6 Å². The third-order valence-electron chi connectivity index (χ3n) is 2.57. The summed E-state index contributed by atoms with van der Waals surface area (Å²) < 4.78 is 1.89. The molecule has 0 spiro atoms. The average Bonchev–Trinajstić information content (AvgIpc) is 2.60. The van der Waals surface area contributed by atoms with Crippen molar-refractivity contribution in [3.8, 4) is 0 Å². The molecule has 2 aromatic rings. The number of aryl methyl sites for hydroxylation is 1. The van der Waals surface area contributed by atoms with Crippen LogP contribution in [0.4, 0.5) is 5.69 Å². The molecule has 84 valence electrons. The molecule has 0 bridgehead atoms. The van der Waals surface area contributed by atoms with Crippen LogP contribution >= 0.6 is 0 Å². The minimum absolute atomic E-state index is 0.0654. The molecule has 16 heavy (non-hydrogen) atoms. The summed E-state index contributed by atoms with van der Waals surface area (Å²) >= 11 is 0. The van der Waals surface area contributed by atoms with Crippen LogP contribution in [0.15, 0.2) is 30.6 Å². The summed E-state index contributed by atoms with van der Waals surface area (Å²) in [6, 6.07) is 5.78. The SMILES string of the molecule is Cc1cc(Nn2ccc(CO)c2C)ccn1. The van der Waals surface area contributed by atoms with E-state index in [1.807, 2.05) is 42.9 Å². The van der Waals surface area contributed by atoms with Crippen molar-refractivity contribution < 1.29 is 5.11 Å². The van der Waals surface area contributed by atoms with E-state index in [0.29, 0.717) is 0 Å². The van der Waals surface area contributed by atoms with E-state index in [4.69, 9.17) is 5.11 Å². The zero-order valence-corrected chi connectivity index (χ0v) is 9.44. The van der Waals surface area contributed by atoms with Crippen LogP contribution in [-0.4, -0.2) is 14.8 Å². The van der Waals surface area contributed by atoms with Crippen molar-refractivity contribution in [3.63, 3.8) is 0 Å².